The molecule has 0 aliphatic carbocycles. The minimum atomic E-state index is -0.458. The highest BCUT2D eigenvalue weighted by molar-refractivity contribution is 5.89. The first-order valence-corrected chi connectivity index (χ1v) is 8.00. The monoisotopic (exact) mass is 330 g/mol. The Morgan fingerprint density at radius 1 is 1.38 bits per heavy atom. The lowest BCUT2D eigenvalue weighted by Gasteiger charge is -2.42. The fraction of sp³-hybridized carbons (Fsp3) is 0.444. The molecule has 0 bridgehead atoms. The summed E-state index contributed by atoms with van der Waals surface area (Å²) in [5.74, 6) is 1.30. The van der Waals surface area contributed by atoms with Crippen LogP contribution in [0.25, 0.3) is 0 Å². The van der Waals surface area contributed by atoms with Crippen molar-refractivity contribution in [2.45, 2.75) is 32.5 Å². The molecular weight excluding hydrogens is 308 g/mol. The van der Waals surface area contributed by atoms with E-state index in [-0.39, 0.29) is 17.9 Å². The van der Waals surface area contributed by atoms with Crippen molar-refractivity contribution in [1.82, 2.24) is 9.88 Å². The Kier molecular flexibility index (Phi) is 4.57. The second kappa shape index (κ2) is 6.65. The quantitative estimate of drug-likeness (QED) is 0.862. The topological polar surface area (TPSA) is 64.8 Å². The number of benzene rings is 1. The minimum absolute atomic E-state index is 0.118. The van der Waals surface area contributed by atoms with Gasteiger partial charge in [-0.3, -0.25) is 4.79 Å². The van der Waals surface area contributed by atoms with E-state index in [1.54, 1.807) is 18.0 Å². The zero-order chi connectivity index (χ0) is 17.2. The van der Waals surface area contributed by atoms with Crippen molar-refractivity contribution in [3.8, 4) is 5.75 Å². The summed E-state index contributed by atoms with van der Waals surface area (Å²) in [5, 5.41) is 0. The van der Waals surface area contributed by atoms with E-state index in [1.807, 2.05) is 44.2 Å². The molecule has 1 aliphatic heterocycles. The van der Waals surface area contributed by atoms with E-state index in [9.17, 15) is 4.79 Å². The van der Waals surface area contributed by atoms with Gasteiger partial charge in [-0.2, -0.15) is 0 Å². The van der Waals surface area contributed by atoms with Gasteiger partial charge in [-0.25, -0.2) is 4.98 Å². The molecule has 2 heterocycles. The Hall–Kier alpha value is -2.34. The van der Waals surface area contributed by atoms with Crippen LogP contribution in [0.1, 0.15) is 30.3 Å². The van der Waals surface area contributed by atoms with Crippen molar-refractivity contribution in [3.63, 3.8) is 0 Å². The van der Waals surface area contributed by atoms with E-state index >= 15 is 0 Å². The molecule has 128 valence electrons. The van der Waals surface area contributed by atoms with Crippen LogP contribution in [-0.2, 0) is 4.74 Å². The summed E-state index contributed by atoms with van der Waals surface area (Å²) in [6.07, 6.45) is 1.34. The maximum atomic E-state index is 12.6. The minimum Gasteiger partial charge on any atom is -0.491 e. The zero-order valence-corrected chi connectivity index (χ0v) is 14.2. The van der Waals surface area contributed by atoms with Crippen LogP contribution in [0.4, 0.5) is 0 Å². The Labute approximate surface area is 141 Å². The number of hydrogen-bond acceptors (Lipinski definition) is 5. The molecule has 1 amide bonds. The van der Waals surface area contributed by atoms with Crippen molar-refractivity contribution < 1.29 is 18.7 Å². The van der Waals surface area contributed by atoms with E-state index in [0.29, 0.717) is 25.5 Å². The number of para-hydroxylation sites is 1. The molecule has 24 heavy (non-hydrogen) atoms. The number of aromatic nitrogens is 1. The summed E-state index contributed by atoms with van der Waals surface area (Å²) >= 11 is 0. The molecule has 2 aromatic rings. The lowest BCUT2D eigenvalue weighted by Crippen LogP contribution is -2.56. The van der Waals surface area contributed by atoms with Crippen LogP contribution in [0, 0.1) is 6.92 Å². The largest absolute Gasteiger partial charge is 0.491 e. The lowest BCUT2D eigenvalue weighted by molar-refractivity contribution is -0.137. The molecular formula is C18H22N2O4. The van der Waals surface area contributed by atoms with Crippen molar-refractivity contribution >= 4 is 5.91 Å². The predicted octanol–water partition coefficient (Wildman–Crippen LogP) is 2.68. The van der Waals surface area contributed by atoms with E-state index < -0.39 is 5.60 Å². The molecule has 1 aliphatic rings. The Balaban J connectivity index is 1.67. The van der Waals surface area contributed by atoms with E-state index in [2.05, 4.69) is 4.98 Å². The van der Waals surface area contributed by atoms with Crippen molar-refractivity contribution in [1.29, 1.82) is 0 Å². The number of oxazole rings is 1. The third-order valence-electron chi connectivity index (χ3n) is 3.75. The first-order chi connectivity index (χ1) is 11.4. The Morgan fingerprint density at radius 3 is 2.79 bits per heavy atom. The average molecular weight is 330 g/mol. The van der Waals surface area contributed by atoms with Gasteiger partial charge >= 0.3 is 5.91 Å². The van der Waals surface area contributed by atoms with Crippen LogP contribution < -0.4 is 4.74 Å². The third-order valence-corrected chi connectivity index (χ3v) is 3.75. The van der Waals surface area contributed by atoms with Gasteiger partial charge in [-0.05, 0) is 32.9 Å². The number of rotatable bonds is 4. The molecule has 0 radical (unpaired) electrons. The molecule has 1 saturated heterocycles. The van der Waals surface area contributed by atoms with Crippen molar-refractivity contribution in [2.24, 2.45) is 0 Å². The number of hydrogen-bond donors (Lipinski definition) is 0. The number of morpholine rings is 1. The molecule has 1 unspecified atom stereocenters. The van der Waals surface area contributed by atoms with Gasteiger partial charge in [-0.15, -0.1) is 0 Å². The fourth-order valence-corrected chi connectivity index (χ4v) is 2.83. The maximum absolute atomic E-state index is 12.6. The molecule has 1 aromatic heterocycles. The summed E-state index contributed by atoms with van der Waals surface area (Å²) < 4.78 is 17.2. The van der Waals surface area contributed by atoms with Gasteiger partial charge in [0, 0.05) is 6.54 Å². The first kappa shape index (κ1) is 16.5. The number of ether oxygens (including phenoxy) is 2. The van der Waals surface area contributed by atoms with E-state index in [0.717, 1.165) is 5.75 Å². The van der Waals surface area contributed by atoms with E-state index in [1.165, 1.54) is 0 Å². The highest BCUT2D eigenvalue weighted by atomic mass is 16.5. The maximum Gasteiger partial charge on any atom is 0.309 e. The molecule has 1 fully saturated rings. The summed E-state index contributed by atoms with van der Waals surface area (Å²) in [6, 6.07) is 9.56. The summed E-state index contributed by atoms with van der Waals surface area (Å²) in [5.41, 5.74) is -0.458. The van der Waals surface area contributed by atoms with Gasteiger partial charge < -0.3 is 18.8 Å². The SMILES string of the molecule is Cc1cnc(C(=O)N2CC(COc3ccccc3)OC(C)(C)C2)o1. The van der Waals surface area contributed by atoms with Crippen molar-refractivity contribution in [2.75, 3.05) is 19.7 Å². The highest BCUT2D eigenvalue weighted by Gasteiger charge is 2.37. The molecule has 6 nitrogen and oxygen atoms in total. The normalized spacial score (nSPS) is 20.0. The van der Waals surface area contributed by atoms with Crippen LogP contribution in [-0.4, -0.2) is 47.2 Å². The zero-order valence-electron chi connectivity index (χ0n) is 14.2. The van der Waals surface area contributed by atoms with Gasteiger partial charge in [0.05, 0.1) is 18.3 Å². The smallest absolute Gasteiger partial charge is 0.309 e. The molecule has 1 atom stereocenters. The molecule has 0 saturated carbocycles. The highest BCUT2D eigenvalue weighted by Crippen LogP contribution is 2.23. The summed E-state index contributed by atoms with van der Waals surface area (Å²) in [6.45, 7) is 6.99. The average Bonchev–Trinajstić information content (AvgIpc) is 2.98. The Bertz CT molecular complexity index is 696. The molecule has 1 aromatic carbocycles. The standard InChI is InChI=1S/C18H22N2O4/c1-13-9-19-16(23-13)17(21)20-10-15(24-18(2,3)12-20)11-22-14-7-5-4-6-8-14/h4-9,15H,10-12H2,1-3H3. The molecule has 6 heteroatoms. The first-order valence-electron chi connectivity index (χ1n) is 8.00. The molecule has 0 spiro atoms. The van der Waals surface area contributed by atoms with Crippen LogP contribution in [0.15, 0.2) is 40.9 Å². The van der Waals surface area contributed by atoms with Crippen LogP contribution >= 0.6 is 0 Å². The predicted molar refractivity (Wildman–Crippen MR) is 88.0 cm³/mol. The van der Waals surface area contributed by atoms with E-state index in [4.69, 9.17) is 13.9 Å². The van der Waals surface area contributed by atoms with Crippen LogP contribution in [0.5, 0.6) is 5.75 Å². The van der Waals surface area contributed by atoms with Gasteiger partial charge in [0.1, 0.15) is 24.2 Å². The second-order valence-corrected chi connectivity index (χ2v) is 6.59. The molecule has 3 rings (SSSR count). The van der Waals surface area contributed by atoms with Gasteiger partial charge in [0.15, 0.2) is 0 Å². The second-order valence-electron chi connectivity index (χ2n) is 6.59. The number of carbonyl (C=O) groups is 1. The number of carbonyl (C=O) groups excluding carboxylic acids is 1. The fourth-order valence-electron chi connectivity index (χ4n) is 2.83. The Morgan fingerprint density at radius 2 is 2.12 bits per heavy atom. The third kappa shape index (κ3) is 3.94. The van der Waals surface area contributed by atoms with Crippen LogP contribution in [0.2, 0.25) is 0 Å². The van der Waals surface area contributed by atoms with Gasteiger partial charge in [0.2, 0.25) is 0 Å². The summed E-state index contributed by atoms with van der Waals surface area (Å²) in [4.78, 5) is 18.3. The number of aryl methyl sites for hydroxylation is 1. The number of nitrogens with zero attached hydrogens (tertiary/aromatic N) is 2. The number of amides is 1. The molecule has 0 N–H and O–H groups in total. The van der Waals surface area contributed by atoms with Gasteiger partial charge in [0.25, 0.3) is 5.89 Å². The lowest BCUT2D eigenvalue weighted by atomic mass is 10.1. The van der Waals surface area contributed by atoms with Crippen LogP contribution in [0.3, 0.4) is 0 Å². The van der Waals surface area contributed by atoms with Gasteiger partial charge in [-0.1, -0.05) is 18.2 Å². The van der Waals surface area contributed by atoms with Crippen molar-refractivity contribution in [3.05, 3.63) is 48.2 Å². The summed E-state index contributed by atoms with van der Waals surface area (Å²) in [7, 11) is 0.